The zero-order chi connectivity index (χ0) is 26.5. The summed E-state index contributed by atoms with van der Waals surface area (Å²) in [7, 11) is 0. The molecule has 4 heterocycles. The summed E-state index contributed by atoms with van der Waals surface area (Å²) in [6.45, 7) is 0. The quantitative estimate of drug-likeness (QED) is 0.228. The van der Waals surface area contributed by atoms with Crippen LogP contribution in [0, 0.1) is 0 Å². The van der Waals surface area contributed by atoms with Crippen LogP contribution >= 0.6 is 11.3 Å². The molecule has 8 aromatic rings. The molecule has 0 unspecified atom stereocenters. The summed E-state index contributed by atoms with van der Waals surface area (Å²) in [5.41, 5.74) is 9.90. The van der Waals surface area contributed by atoms with Gasteiger partial charge in [-0.3, -0.25) is 4.98 Å². The molecular weight excluding hydrogens is 508 g/mol. The van der Waals surface area contributed by atoms with E-state index in [1.165, 1.54) is 33.0 Å². The lowest BCUT2D eigenvalue weighted by Crippen LogP contribution is -1.95. The average Bonchev–Trinajstić information content (AvgIpc) is 3.61. The van der Waals surface area contributed by atoms with E-state index in [-0.39, 0.29) is 0 Å². The second-order valence-electron chi connectivity index (χ2n) is 9.78. The van der Waals surface area contributed by atoms with E-state index in [9.17, 15) is 0 Å². The Morgan fingerprint density at radius 1 is 0.550 bits per heavy atom. The first-order valence-electron chi connectivity index (χ1n) is 13.2. The van der Waals surface area contributed by atoms with Crippen molar-refractivity contribution in [1.29, 1.82) is 0 Å². The van der Waals surface area contributed by atoms with Gasteiger partial charge in [0.15, 0.2) is 0 Å². The van der Waals surface area contributed by atoms with E-state index in [1.54, 1.807) is 17.5 Å². The van der Waals surface area contributed by atoms with E-state index in [4.69, 9.17) is 9.97 Å². The van der Waals surface area contributed by atoms with Crippen LogP contribution in [0.2, 0.25) is 0 Å². The van der Waals surface area contributed by atoms with Gasteiger partial charge in [0, 0.05) is 17.0 Å². The molecule has 4 nitrogen and oxygen atoms in total. The van der Waals surface area contributed by atoms with Gasteiger partial charge in [-0.25, -0.2) is 9.97 Å². The molecule has 0 saturated heterocycles. The van der Waals surface area contributed by atoms with Gasteiger partial charge in [-0.1, -0.05) is 84.1 Å². The lowest BCUT2D eigenvalue weighted by atomic mass is 10.0. The maximum atomic E-state index is 4.84. The fourth-order valence-electron chi connectivity index (χ4n) is 5.45. The Bertz CT molecular complexity index is 2010. The van der Waals surface area contributed by atoms with Crippen LogP contribution in [0.1, 0.15) is 0 Å². The molecule has 0 fully saturated rings. The minimum atomic E-state index is 0.852. The standard InChI is InChI=1S/C35H22N4S/c1-3-8-23(9-4-1)25-13-17-32-28(20-25)29-21-26(24-10-5-2-6-11-24)14-18-33(29)39(32)27-15-16-30(37-22-27)35-38-31-12-7-19-36-34(31)40-35/h1-22H. The van der Waals surface area contributed by atoms with Crippen LogP contribution < -0.4 is 0 Å². The third-order valence-corrected chi connectivity index (χ3v) is 8.37. The monoisotopic (exact) mass is 530 g/mol. The van der Waals surface area contributed by atoms with E-state index in [0.717, 1.165) is 37.8 Å². The molecule has 188 valence electrons. The number of hydrogen-bond donors (Lipinski definition) is 0. The lowest BCUT2D eigenvalue weighted by Gasteiger charge is -2.09. The smallest absolute Gasteiger partial charge is 0.144 e. The summed E-state index contributed by atoms with van der Waals surface area (Å²) >= 11 is 1.57. The molecule has 0 N–H and O–H groups in total. The Labute approximate surface area is 234 Å². The first kappa shape index (κ1) is 22.8. The molecule has 8 rings (SSSR count). The molecule has 4 aromatic heterocycles. The summed E-state index contributed by atoms with van der Waals surface area (Å²) in [6, 6.07) is 42.7. The van der Waals surface area contributed by atoms with Crippen molar-refractivity contribution in [1.82, 2.24) is 19.5 Å². The highest BCUT2D eigenvalue weighted by Gasteiger charge is 2.16. The van der Waals surface area contributed by atoms with Crippen molar-refractivity contribution < 1.29 is 0 Å². The van der Waals surface area contributed by atoms with Gasteiger partial charge < -0.3 is 4.57 Å². The Hall–Kier alpha value is -5.13. The van der Waals surface area contributed by atoms with Gasteiger partial charge >= 0.3 is 0 Å². The van der Waals surface area contributed by atoms with Gasteiger partial charge in [-0.2, -0.15) is 0 Å². The molecule has 0 amide bonds. The first-order valence-corrected chi connectivity index (χ1v) is 14.0. The molecule has 0 aliphatic heterocycles. The van der Waals surface area contributed by atoms with Crippen molar-refractivity contribution in [2.45, 2.75) is 0 Å². The van der Waals surface area contributed by atoms with Crippen LogP contribution in [0.4, 0.5) is 0 Å². The van der Waals surface area contributed by atoms with Gasteiger partial charge in [-0.15, -0.1) is 0 Å². The Kier molecular flexibility index (Phi) is 5.28. The minimum Gasteiger partial charge on any atom is -0.308 e. The van der Waals surface area contributed by atoms with Gasteiger partial charge in [0.25, 0.3) is 0 Å². The Morgan fingerprint density at radius 2 is 1.20 bits per heavy atom. The fourth-order valence-corrected chi connectivity index (χ4v) is 6.33. The summed E-state index contributed by atoms with van der Waals surface area (Å²) in [4.78, 5) is 14.9. The number of rotatable bonds is 4. The zero-order valence-electron chi connectivity index (χ0n) is 21.4. The summed E-state index contributed by atoms with van der Waals surface area (Å²) in [5, 5.41) is 3.31. The topological polar surface area (TPSA) is 43.6 Å². The van der Waals surface area contributed by atoms with Crippen molar-refractivity contribution in [2.75, 3.05) is 0 Å². The van der Waals surface area contributed by atoms with E-state index in [1.807, 2.05) is 18.3 Å². The van der Waals surface area contributed by atoms with E-state index in [2.05, 4.69) is 119 Å². The largest absolute Gasteiger partial charge is 0.308 e. The molecule has 0 atom stereocenters. The van der Waals surface area contributed by atoms with E-state index < -0.39 is 0 Å². The molecule has 4 aromatic carbocycles. The highest BCUT2D eigenvalue weighted by atomic mass is 32.1. The maximum Gasteiger partial charge on any atom is 0.144 e. The highest BCUT2D eigenvalue weighted by Crippen LogP contribution is 2.37. The first-order chi connectivity index (χ1) is 19.8. The number of aromatic nitrogens is 4. The van der Waals surface area contributed by atoms with Crippen molar-refractivity contribution in [3.8, 4) is 38.6 Å². The predicted octanol–water partition coefficient (Wildman–Crippen LogP) is 9.18. The molecule has 5 heteroatoms. The number of benzene rings is 4. The summed E-state index contributed by atoms with van der Waals surface area (Å²) < 4.78 is 2.31. The zero-order valence-corrected chi connectivity index (χ0v) is 22.2. The highest BCUT2D eigenvalue weighted by molar-refractivity contribution is 7.21. The normalized spacial score (nSPS) is 11.5. The van der Waals surface area contributed by atoms with E-state index >= 15 is 0 Å². The average molecular weight is 531 g/mol. The molecule has 0 aliphatic rings. The van der Waals surface area contributed by atoms with Crippen molar-refractivity contribution in [3.05, 3.63) is 134 Å². The summed E-state index contributed by atoms with van der Waals surface area (Å²) in [6.07, 6.45) is 3.75. The molecule has 40 heavy (non-hydrogen) atoms. The van der Waals surface area contributed by atoms with Crippen LogP contribution in [0.3, 0.4) is 0 Å². The maximum absolute atomic E-state index is 4.84. The SMILES string of the molecule is c1ccc(-c2ccc3c(c2)c2cc(-c4ccccc4)ccc2n3-c2ccc(-c3nc4cccnc4s3)nc2)cc1. The third-order valence-electron chi connectivity index (χ3n) is 7.37. The number of fused-ring (bicyclic) bond motifs is 4. The Morgan fingerprint density at radius 3 is 1.77 bits per heavy atom. The lowest BCUT2D eigenvalue weighted by molar-refractivity contribution is 1.14. The fraction of sp³-hybridized carbons (Fsp3) is 0. The van der Waals surface area contributed by atoms with Crippen molar-refractivity contribution in [3.63, 3.8) is 0 Å². The number of hydrogen-bond acceptors (Lipinski definition) is 4. The van der Waals surface area contributed by atoms with Crippen LogP contribution in [0.25, 0.3) is 70.8 Å². The molecular formula is C35H22N4S. The predicted molar refractivity (Wildman–Crippen MR) is 166 cm³/mol. The van der Waals surface area contributed by atoms with Crippen LogP contribution in [0.5, 0.6) is 0 Å². The molecule has 0 spiro atoms. The second kappa shape index (κ2) is 9.26. The van der Waals surface area contributed by atoms with Crippen molar-refractivity contribution in [2.24, 2.45) is 0 Å². The van der Waals surface area contributed by atoms with E-state index in [0.29, 0.717) is 0 Å². The molecule has 0 aliphatic carbocycles. The molecule has 0 bridgehead atoms. The summed E-state index contributed by atoms with van der Waals surface area (Å²) in [5.74, 6) is 0. The van der Waals surface area contributed by atoms with Gasteiger partial charge in [0.1, 0.15) is 15.4 Å². The van der Waals surface area contributed by atoms with Crippen LogP contribution in [-0.2, 0) is 0 Å². The van der Waals surface area contributed by atoms with Crippen molar-refractivity contribution >= 4 is 43.5 Å². The number of thiazole rings is 1. The van der Waals surface area contributed by atoms with Crippen LogP contribution in [-0.4, -0.2) is 19.5 Å². The minimum absolute atomic E-state index is 0.852. The van der Waals surface area contributed by atoms with Gasteiger partial charge in [-0.05, 0) is 70.8 Å². The Balaban J connectivity index is 1.31. The van der Waals surface area contributed by atoms with Gasteiger partial charge in [0.05, 0.1) is 28.6 Å². The third kappa shape index (κ3) is 3.79. The number of nitrogens with zero attached hydrogens (tertiary/aromatic N) is 4. The second-order valence-corrected chi connectivity index (χ2v) is 10.8. The van der Waals surface area contributed by atoms with Gasteiger partial charge in [0.2, 0.25) is 0 Å². The van der Waals surface area contributed by atoms with Crippen LogP contribution in [0.15, 0.2) is 134 Å². The number of pyridine rings is 2. The molecule has 0 saturated carbocycles. The molecule has 0 radical (unpaired) electrons.